The Morgan fingerprint density at radius 1 is 1.31 bits per heavy atom. The molecule has 2 aromatic heterocycles. The topological polar surface area (TPSA) is 88.7 Å². The molecule has 2 radical (unpaired) electrons. The average Bonchev–Trinajstić information content (AvgIpc) is 3.09. The summed E-state index contributed by atoms with van der Waals surface area (Å²) < 4.78 is 3.36. The summed E-state index contributed by atoms with van der Waals surface area (Å²) in [7, 11) is 7.90. The van der Waals surface area contributed by atoms with E-state index >= 15 is 0 Å². The molecule has 3 heterocycles. The van der Waals surface area contributed by atoms with Crippen molar-refractivity contribution in [3.05, 3.63) is 57.0 Å². The zero-order valence-corrected chi connectivity index (χ0v) is 18.8. The predicted octanol–water partition coefficient (Wildman–Crippen LogP) is 0.740. The number of hydrogen-bond acceptors (Lipinski definition) is 4. The quantitative estimate of drug-likeness (QED) is 0.477. The maximum absolute atomic E-state index is 13.8. The first-order valence-corrected chi connectivity index (χ1v) is 10.7. The molecule has 3 aromatic rings. The van der Waals surface area contributed by atoms with Crippen LogP contribution in [0.15, 0.2) is 29.1 Å². The van der Waals surface area contributed by atoms with Crippen molar-refractivity contribution in [2.24, 2.45) is 5.92 Å². The molecule has 1 aromatic carbocycles. The van der Waals surface area contributed by atoms with E-state index in [0.717, 1.165) is 12.0 Å². The number of aromatic nitrogens is 3. The van der Waals surface area contributed by atoms with Gasteiger partial charge in [0.15, 0.2) is 0 Å². The van der Waals surface area contributed by atoms with Crippen molar-refractivity contribution in [1.29, 1.82) is 0 Å². The Morgan fingerprint density at radius 3 is 2.59 bits per heavy atom. The van der Waals surface area contributed by atoms with Gasteiger partial charge in [0.2, 0.25) is 6.41 Å². The van der Waals surface area contributed by atoms with Crippen molar-refractivity contribution in [1.82, 2.24) is 24.4 Å². The fraction of sp³-hybridized carbons (Fsp3) is 0.391. The second-order valence-corrected chi connectivity index (χ2v) is 8.72. The fourth-order valence-corrected chi connectivity index (χ4v) is 4.36. The van der Waals surface area contributed by atoms with Crippen molar-refractivity contribution in [3.63, 3.8) is 0 Å². The van der Waals surface area contributed by atoms with Crippen LogP contribution in [-0.4, -0.2) is 52.3 Å². The molecule has 1 N–H and O–H groups in total. The summed E-state index contributed by atoms with van der Waals surface area (Å²) in [5.74, 6) is 0.100. The number of benzene rings is 1. The molecule has 4 rings (SSSR count). The summed E-state index contributed by atoms with van der Waals surface area (Å²) >= 11 is 0. The average molecular weight is 431 g/mol. The molecule has 32 heavy (non-hydrogen) atoms. The zero-order chi connectivity index (χ0) is 23.2. The van der Waals surface area contributed by atoms with Crippen LogP contribution in [0, 0.1) is 5.92 Å². The van der Waals surface area contributed by atoms with Gasteiger partial charge in [-0.15, -0.1) is 0 Å². The number of rotatable bonds is 5. The molecule has 0 aliphatic carbocycles. The largest absolute Gasteiger partial charge is 0.355 e. The lowest BCUT2D eigenvalue weighted by Crippen LogP contribution is -2.42. The molecule has 2 amide bonds. The lowest BCUT2D eigenvalue weighted by molar-refractivity contribution is -0.121. The van der Waals surface area contributed by atoms with E-state index in [1.54, 1.807) is 45.3 Å². The van der Waals surface area contributed by atoms with Crippen molar-refractivity contribution in [3.8, 4) is 5.69 Å². The summed E-state index contributed by atoms with van der Waals surface area (Å²) in [6.07, 6.45) is 1.89. The fourth-order valence-electron chi connectivity index (χ4n) is 4.36. The number of amides is 2. The van der Waals surface area contributed by atoms with Crippen LogP contribution in [0.2, 0.25) is 0 Å². The summed E-state index contributed by atoms with van der Waals surface area (Å²) in [6.45, 7) is 6.38. The summed E-state index contributed by atoms with van der Waals surface area (Å²) in [5.41, 5.74) is 4.07. The maximum Gasteiger partial charge on any atom is 0.261 e. The van der Waals surface area contributed by atoms with Crippen molar-refractivity contribution in [2.45, 2.75) is 46.2 Å². The molecule has 0 saturated carbocycles. The van der Waals surface area contributed by atoms with Crippen molar-refractivity contribution < 1.29 is 9.59 Å². The number of nitrogens with zero attached hydrogens (tertiary/aromatic N) is 4. The van der Waals surface area contributed by atoms with Crippen LogP contribution in [0.1, 0.15) is 48.0 Å². The number of nitrogens with one attached hydrogen (secondary N) is 1. The summed E-state index contributed by atoms with van der Waals surface area (Å²) in [4.78, 5) is 39.0. The van der Waals surface area contributed by atoms with Crippen LogP contribution in [-0.2, 0) is 24.2 Å². The van der Waals surface area contributed by atoms with Crippen LogP contribution < -0.4 is 16.5 Å². The Hall–Kier alpha value is -3.36. The molecule has 0 bridgehead atoms. The van der Waals surface area contributed by atoms with E-state index in [0.29, 0.717) is 59.1 Å². The van der Waals surface area contributed by atoms with E-state index in [4.69, 9.17) is 7.85 Å². The number of carbonyl (C=O) groups is 2. The number of hydrogen-bond donors (Lipinski definition) is 1. The van der Waals surface area contributed by atoms with E-state index in [9.17, 15) is 14.4 Å². The third-order valence-electron chi connectivity index (χ3n) is 6.03. The highest BCUT2D eigenvalue weighted by Crippen LogP contribution is 2.25. The van der Waals surface area contributed by atoms with Gasteiger partial charge in [-0.3, -0.25) is 19.0 Å². The second-order valence-electron chi connectivity index (χ2n) is 8.72. The first kappa shape index (κ1) is 21.9. The zero-order valence-electron chi connectivity index (χ0n) is 18.8. The van der Waals surface area contributed by atoms with Gasteiger partial charge in [0.05, 0.1) is 17.9 Å². The molecule has 164 valence electrons. The highest BCUT2D eigenvalue weighted by molar-refractivity contribution is 6.32. The lowest BCUT2D eigenvalue weighted by atomic mass is 9.93. The minimum Gasteiger partial charge on any atom is -0.355 e. The van der Waals surface area contributed by atoms with Crippen LogP contribution >= 0.6 is 0 Å². The molecule has 1 aliphatic heterocycles. The molecule has 0 spiro atoms. The molecule has 1 aliphatic rings. The van der Waals surface area contributed by atoms with E-state index in [2.05, 4.69) is 24.3 Å². The number of carbonyl (C=O) groups excluding carboxylic acids is 2. The Bertz CT molecular complexity index is 1260. The predicted molar refractivity (Wildman–Crippen MR) is 123 cm³/mol. The van der Waals surface area contributed by atoms with Gasteiger partial charge in [0, 0.05) is 35.4 Å². The Kier molecular flexibility index (Phi) is 5.67. The molecule has 1 atom stereocenters. The highest BCUT2D eigenvalue weighted by Gasteiger charge is 2.30. The normalized spacial score (nSPS) is 15.8. The Morgan fingerprint density at radius 2 is 2.00 bits per heavy atom. The first-order valence-electron chi connectivity index (χ1n) is 10.7. The molecular formula is C23H26BN5O3. The van der Waals surface area contributed by atoms with Crippen LogP contribution in [0.5, 0.6) is 0 Å². The van der Waals surface area contributed by atoms with Crippen molar-refractivity contribution in [2.75, 3.05) is 7.05 Å². The maximum atomic E-state index is 13.8. The molecule has 0 saturated heterocycles. The van der Waals surface area contributed by atoms with Gasteiger partial charge >= 0.3 is 0 Å². The first-order chi connectivity index (χ1) is 15.3. The van der Waals surface area contributed by atoms with Crippen LogP contribution in [0.3, 0.4) is 0 Å². The standard InChI is InChI=1S/C23H26BN5O3/c1-13(2)9-18-20(24)26-29-19-11-27(12-30)14(3)10-17(19)23(32)28(22(18)29)16-7-5-15(6-8-16)21(31)25-4/h5-8,12-14H,9-11H2,1-4H3,(H,25,31). The van der Waals surface area contributed by atoms with Crippen LogP contribution in [0.25, 0.3) is 11.3 Å². The summed E-state index contributed by atoms with van der Waals surface area (Å²) in [6, 6.07) is 6.79. The van der Waals surface area contributed by atoms with Gasteiger partial charge < -0.3 is 10.2 Å². The molecule has 1 unspecified atom stereocenters. The third-order valence-corrected chi connectivity index (χ3v) is 6.03. The van der Waals surface area contributed by atoms with Crippen molar-refractivity contribution >= 4 is 31.4 Å². The second kappa shape index (κ2) is 8.29. The van der Waals surface area contributed by atoms with Gasteiger partial charge in [0.1, 0.15) is 13.5 Å². The van der Waals surface area contributed by atoms with E-state index < -0.39 is 0 Å². The van der Waals surface area contributed by atoms with Gasteiger partial charge in [0.25, 0.3) is 11.5 Å². The van der Waals surface area contributed by atoms with E-state index in [1.807, 2.05) is 6.92 Å². The van der Waals surface area contributed by atoms with E-state index in [-0.39, 0.29) is 17.5 Å². The molecule has 0 fully saturated rings. The Balaban J connectivity index is 2.04. The smallest absolute Gasteiger partial charge is 0.261 e. The third kappa shape index (κ3) is 3.51. The lowest BCUT2D eigenvalue weighted by Gasteiger charge is -2.32. The monoisotopic (exact) mass is 431 g/mol. The van der Waals surface area contributed by atoms with E-state index in [1.165, 1.54) is 0 Å². The summed E-state index contributed by atoms with van der Waals surface area (Å²) in [5, 5.41) is 7.19. The minimum absolute atomic E-state index is 0.0998. The molecule has 8 nitrogen and oxygen atoms in total. The number of fused-ring (bicyclic) bond motifs is 3. The minimum atomic E-state index is -0.198. The van der Waals surface area contributed by atoms with Crippen LogP contribution in [0.4, 0.5) is 0 Å². The highest BCUT2D eigenvalue weighted by atomic mass is 16.2. The van der Waals surface area contributed by atoms with Gasteiger partial charge in [-0.1, -0.05) is 13.8 Å². The van der Waals surface area contributed by atoms with Gasteiger partial charge in [-0.25, -0.2) is 4.52 Å². The molecular weight excluding hydrogens is 405 g/mol. The Labute approximate surface area is 187 Å². The van der Waals surface area contributed by atoms with Gasteiger partial charge in [-0.05, 0) is 49.9 Å². The van der Waals surface area contributed by atoms with Gasteiger partial charge in [-0.2, -0.15) is 5.10 Å². The molecule has 9 heteroatoms. The SMILES string of the molecule is [B]c1nn2c3c(c(=O)n(-c4ccc(C(=O)NC)cc4)c2c1CC(C)C)CC(C)N(C=O)C3.